The Balaban J connectivity index is 0.000000352. The maximum absolute atomic E-state index is 14.2. The largest absolute Gasteiger partial charge is 0.417 e. The third kappa shape index (κ3) is 5.64. The second kappa shape index (κ2) is 9.68. The molecule has 0 spiro atoms. The summed E-state index contributed by atoms with van der Waals surface area (Å²) >= 11 is 1.30. The van der Waals surface area contributed by atoms with Gasteiger partial charge in [-0.15, -0.1) is 0 Å². The standard InChI is InChI=1S/C16H12F5N3S.C5H7NO/c17-12-6-13(18)9(14-2-4-25-15(22)24-14)5-8(12)10-7-23-3-1-11(10)16(19,20)21;1-4-3-5(2)7-6-4/h1,3,5-7,14H,2,4H2,(H2,22,24);3H,1-2H3. The first-order valence-corrected chi connectivity index (χ1v) is 10.4. The van der Waals surface area contributed by atoms with Crippen LogP contribution < -0.4 is 5.73 Å². The number of thioether (sulfide) groups is 1. The van der Waals surface area contributed by atoms with Gasteiger partial charge in [-0.25, -0.2) is 8.78 Å². The smallest absolute Gasteiger partial charge is 0.379 e. The van der Waals surface area contributed by atoms with Crippen molar-refractivity contribution in [2.75, 3.05) is 5.75 Å². The van der Waals surface area contributed by atoms with Crippen molar-refractivity contribution in [3.63, 3.8) is 0 Å². The molecule has 170 valence electrons. The van der Waals surface area contributed by atoms with Crippen molar-refractivity contribution in [2.24, 2.45) is 10.7 Å². The Labute approximate surface area is 184 Å². The molecule has 0 bridgehead atoms. The van der Waals surface area contributed by atoms with Gasteiger partial charge in [-0.3, -0.25) is 9.98 Å². The first-order valence-electron chi connectivity index (χ1n) is 9.42. The molecular weight excluding hydrogens is 451 g/mol. The summed E-state index contributed by atoms with van der Waals surface area (Å²) in [6.07, 6.45) is -2.36. The minimum Gasteiger partial charge on any atom is -0.379 e. The van der Waals surface area contributed by atoms with E-state index in [2.05, 4.69) is 15.1 Å². The highest BCUT2D eigenvalue weighted by Crippen LogP contribution is 2.39. The molecule has 1 aromatic carbocycles. The number of aromatic nitrogens is 2. The lowest BCUT2D eigenvalue weighted by atomic mass is 9.95. The second-order valence-electron chi connectivity index (χ2n) is 6.97. The van der Waals surface area contributed by atoms with Crippen LogP contribution >= 0.6 is 11.8 Å². The van der Waals surface area contributed by atoms with Crippen LogP contribution in [-0.2, 0) is 6.18 Å². The molecule has 1 atom stereocenters. The SMILES string of the molecule is Cc1cc(C)on1.NC1=NC(c2cc(-c3cnccc3C(F)(F)F)c(F)cc2F)CCS1. The summed E-state index contributed by atoms with van der Waals surface area (Å²) in [4.78, 5) is 7.75. The number of nitrogens with two attached hydrogens (primary N) is 1. The zero-order valence-corrected chi connectivity index (χ0v) is 17.9. The minimum absolute atomic E-state index is 0.0108. The molecule has 0 saturated carbocycles. The molecule has 0 saturated heterocycles. The molecule has 0 radical (unpaired) electrons. The average Bonchev–Trinajstić information content (AvgIpc) is 3.10. The highest BCUT2D eigenvalue weighted by Gasteiger charge is 2.34. The Morgan fingerprint density at radius 2 is 1.84 bits per heavy atom. The van der Waals surface area contributed by atoms with Crippen LogP contribution in [0.15, 0.2) is 46.2 Å². The van der Waals surface area contributed by atoms with E-state index in [0.717, 1.165) is 36.0 Å². The fourth-order valence-electron chi connectivity index (χ4n) is 3.13. The Kier molecular flexibility index (Phi) is 7.17. The third-order valence-electron chi connectivity index (χ3n) is 4.53. The van der Waals surface area contributed by atoms with Crippen LogP contribution in [0.1, 0.15) is 35.0 Å². The summed E-state index contributed by atoms with van der Waals surface area (Å²) in [6.45, 7) is 3.77. The predicted octanol–water partition coefficient (Wildman–Crippen LogP) is 5.83. The molecule has 5 nitrogen and oxygen atoms in total. The number of aliphatic imine (C=N–C) groups is 1. The quantitative estimate of drug-likeness (QED) is 0.477. The summed E-state index contributed by atoms with van der Waals surface area (Å²) in [5.74, 6) is -0.501. The van der Waals surface area contributed by atoms with E-state index in [1.807, 2.05) is 19.9 Å². The van der Waals surface area contributed by atoms with Gasteiger partial charge >= 0.3 is 6.18 Å². The summed E-state index contributed by atoms with van der Waals surface area (Å²) in [5, 5.41) is 3.90. The normalized spacial score (nSPS) is 16.2. The van der Waals surface area contributed by atoms with Crippen LogP contribution in [0.5, 0.6) is 0 Å². The van der Waals surface area contributed by atoms with Gasteiger partial charge in [0.1, 0.15) is 17.4 Å². The van der Waals surface area contributed by atoms with Gasteiger partial charge in [0.25, 0.3) is 0 Å². The van der Waals surface area contributed by atoms with E-state index < -0.39 is 35.0 Å². The lowest BCUT2D eigenvalue weighted by Crippen LogP contribution is -2.16. The van der Waals surface area contributed by atoms with E-state index >= 15 is 0 Å². The second-order valence-corrected chi connectivity index (χ2v) is 8.09. The topological polar surface area (TPSA) is 77.3 Å². The van der Waals surface area contributed by atoms with Gasteiger partial charge in [0.15, 0.2) is 5.17 Å². The number of pyridine rings is 1. The highest BCUT2D eigenvalue weighted by molar-refractivity contribution is 8.13. The summed E-state index contributed by atoms with van der Waals surface area (Å²) in [7, 11) is 0. The van der Waals surface area contributed by atoms with Crippen molar-refractivity contribution >= 4 is 16.9 Å². The number of aryl methyl sites for hydroxylation is 2. The maximum Gasteiger partial charge on any atom is 0.417 e. The van der Waals surface area contributed by atoms with Gasteiger partial charge in [-0.05, 0) is 32.4 Å². The minimum atomic E-state index is -4.69. The van der Waals surface area contributed by atoms with Crippen molar-refractivity contribution < 1.29 is 26.5 Å². The zero-order valence-electron chi connectivity index (χ0n) is 17.1. The molecule has 2 N–H and O–H groups in total. The number of nitrogens with zero attached hydrogens (tertiary/aromatic N) is 3. The van der Waals surface area contributed by atoms with Gasteiger partial charge in [0.05, 0.1) is 17.3 Å². The van der Waals surface area contributed by atoms with Gasteiger partial charge < -0.3 is 10.3 Å². The summed E-state index contributed by atoms with van der Waals surface area (Å²) in [5.41, 5.74) is 4.72. The fourth-order valence-corrected chi connectivity index (χ4v) is 3.88. The van der Waals surface area contributed by atoms with Gasteiger partial charge in [0.2, 0.25) is 0 Å². The van der Waals surface area contributed by atoms with Gasteiger partial charge in [0, 0.05) is 47.0 Å². The maximum atomic E-state index is 14.2. The van der Waals surface area contributed by atoms with Crippen molar-refractivity contribution in [3.05, 3.63) is 70.9 Å². The number of amidine groups is 1. The van der Waals surface area contributed by atoms with E-state index in [1.165, 1.54) is 11.8 Å². The number of alkyl halides is 3. The first kappa shape index (κ1) is 23.7. The van der Waals surface area contributed by atoms with Crippen LogP contribution in [0.3, 0.4) is 0 Å². The van der Waals surface area contributed by atoms with Crippen molar-refractivity contribution in [2.45, 2.75) is 32.5 Å². The molecule has 1 aliphatic rings. The van der Waals surface area contributed by atoms with E-state index in [1.54, 1.807) is 0 Å². The van der Waals surface area contributed by atoms with E-state index in [4.69, 9.17) is 10.3 Å². The Morgan fingerprint density at radius 3 is 2.41 bits per heavy atom. The predicted molar refractivity (Wildman–Crippen MR) is 112 cm³/mol. The number of hydrogen-bond donors (Lipinski definition) is 1. The molecule has 4 rings (SSSR count). The lowest BCUT2D eigenvalue weighted by molar-refractivity contribution is -0.137. The molecule has 0 amide bonds. The van der Waals surface area contributed by atoms with Crippen LogP contribution in [0.2, 0.25) is 0 Å². The summed E-state index contributed by atoms with van der Waals surface area (Å²) < 4.78 is 72.7. The molecule has 2 aromatic heterocycles. The zero-order chi connectivity index (χ0) is 23.5. The molecular formula is C21H19F5N4OS. The van der Waals surface area contributed by atoms with Gasteiger partial charge in [-0.2, -0.15) is 13.2 Å². The number of halogens is 5. The lowest BCUT2D eigenvalue weighted by Gasteiger charge is -2.20. The molecule has 32 heavy (non-hydrogen) atoms. The van der Waals surface area contributed by atoms with Crippen molar-refractivity contribution in [1.82, 2.24) is 10.1 Å². The fraction of sp³-hybridized carbons (Fsp3) is 0.286. The number of rotatable bonds is 2. The van der Waals surface area contributed by atoms with Crippen LogP contribution in [0.4, 0.5) is 22.0 Å². The highest BCUT2D eigenvalue weighted by atomic mass is 32.2. The molecule has 0 fully saturated rings. The van der Waals surface area contributed by atoms with Crippen LogP contribution in [0.25, 0.3) is 11.1 Å². The molecule has 11 heteroatoms. The molecule has 3 aromatic rings. The van der Waals surface area contributed by atoms with Crippen molar-refractivity contribution in [3.8, 4) is 11.1 Å². The van der Waals surface area contributed by atoms with Gasteiger partial charge in [-0.1, -0.05) is 16.9 Å². The monoisotopic (exact) mass is 470 g/mol. The average molecular weight is 470 g/mol. The van der Waals surface area contributed by atoms with E-state index in [9.17, 15) is 22.0 Å². The Hall–Kier alpha value is -2.95. The third-order valence-corrected chi connectivity index (χ3v) is 5.37. The molecule has 3 heterocycles. The van der Waals surface area contributed by atoms with Crippen LogP contribution in [0, 0.1) is 25.5 Å². The Morgan fingerprint density at radius 1 is 1.09 bits per heavy atom. The molecule has 1 aliphatic heterocycles. The molecule has 0 aliphatic carbocycles. The number of benzene rings is 1. The van der Waals surface area contributed by atoms with Crippen molar-refractivity contribution in [1.29, 1.82) is 0 Å². The number of hydrogen-bond acceptors (Lipinski definition) is 6. The Bertz CT molecular complexity index is 1110. The van der Waals surface area contributed by atoms with Crippen LogP contribution in [-0.4, -0.2) is 21.1 Å². The summed E-state index contributed by atoms with van der Waals surface area (Å²) in [6, 6.07) is 3.62. The first-order chi connectivity index (χ1) is 15.1. The van der Waals surface area contributed by atoms with E-state index in [-0.39, 0.29) is 16.3 Å². The van der Waals surface area contributed by atoms with E-state index in [0.29, 0.717) is 18.2 Å². The molecule has 1 unspecified atom stereocenters.